The number of aromatic nitrogens is 1. The largest absolute Gasteiger partial charge is 0.352 e. The fourth-order valence-corrected chi connectivity index (χ4v) is 1.46. The molecule has 76 valence electrons. The van der Waals surface area contributed by atoms with E-state index in [4.69, 9.17) is 0 Å². The Morgan fingerprint density at radius 1 is 1.64 bits per heavy atom. The second-order valence-corrected chi connectivity index (χ2v) is 3.43. The molecule has 0 radical (unpaired) electrons. The molecule has 2 unspecified atom stereocenters. The molecule has 1 N–H and O–H groups in total. The van der Waals surface area contributed by atoms with Gasteiger partial charge in [-0.05, 0) is 17.5 Å². The number of hydrogen-bond donors (Lipinski definition) is 1. The van der Waals surface area contributed by atoms with Gasteiger partial charge < -0.3 is 5.32 Å². The summed E-state index contributed by atoms with van der Waals surface area (Å²) in [5.41, 5.74) is 1.06. The minimum Gasteiger partial charge on any atom is -0.352 e. The molecule has 0 spiro atoms. The monoisotopic (exact) mass is 192 g/mol. The zero-order valence-corrected chi connectivity index (χ0v) is 8.60. The maximum Gasteiger partial charge on any atom is 0.207 e. The summed E-state index contributed by atoms with van der Waals surface area (Å²) in [5.74, 6) is 0.421. The highest BCUT2D eigenvalue weighted by Crippen LogP contribution is 2.22. The van der Waals surface area contributed by atoms with Crippen molar-refractivity contribution in [3.63, 3.8) is 0 Å². The van der Waals surface area contributed by atoms with E-state index < -0.39 is 0 Å². The van der Waals surface area contributed by atoms with Gasteiger partial charge in [-0.25, -0.2) is 0 Å². The lowest BCUT2D eigenvalue weighted by Gasteiger charge is -2.22. The van der Waals surface area contributed by atoms with Gasteiger partial charge in [0, 0.05) is 12.4 Å². The summed E-state index contributed by atoms with van der Waals surface area (Å²) in [7, 11) is 0. The number of amides is 1. The number of nitrogens with one attached hydrogen (secondary N) is 1. The Morgan fingerprint density at radius 3 is 2.93 bits per heavy atom. The number of carbonyl (C=O) groups is 1. The van der Waals surface area contributed by atoms with Gasteiger partial charge in [-0.2, -0.15) is 0 Å². The molecular weight excluding hydrogens is 176 g/mol. The summed E-state index contributed by atoms with van der Waals surface area (Å²) in [4.78, 5) is 14.5. The fraction of sp³-hybridized carbons (Fsp3) is 0.455. The van der Waals surface area contributed by atoms with E-state index in [9.17, 15) is 4.79 Å². The van der Waals surface area contributed by atoms with Crippen molar-refractivity contribution >= 4 is 6.41 Å². The average Bonchev–Trinajstić information content (AvgIpc) is 2.26. The van der Waals surface area contributed by atoms with E-state index in [1.54, 1.807) is 12.4 Å². The molecule has 0 aliphatic heterocycles. The predicted molar refractivity (Wildman–Crippen MR) is 55.6 cm³/mol. The second-order valence-electron chi connectivity index (χ2n) is 3.43. The Morgan fingerprint density at radius 2 is 2.43 bits per heavy atom. The van der Waals surface area contributed by atoms with Crippen LogP contribution in [0.3, 0.4) is 0 Å². The van der Waals surface area contributed by atoms with E-state index in [0.29, 0.717) is 5.92 Å². The summed E-state index contributed by atoms with van der Waals surface area (Å²) in [5, 5.41) is 2.83. The van der Waals surface area contributed by atoms with Gasteiger partial charge in [-0.3, -0.25) is 9.78 Å². The van der Waals surface area contributed by atoms with Crippen molar-refractivity contribution < 1.29 is 4.79 Å². The normalized spacial score (nSPS) is 14.4. The van der Waals surface area contributed by atoms with E-state index in [1.807, 2.05) is 12.1 Å². The first-order valence-electron chi connectivity index (χ1n) is 4.89. The van der Waals surface area contributed by atoms with Crippen LogP contribution in [0.25, 0.3) is 0 Å². The average molecular weight is 192 g/mol. The third-order valence-electron chi connectivity index (χ3n) is 2.50. The minimum atomic E-state index is 0.0752. The lowest BCUT2D eigenvalue weighted by Crippen LogP contribution is -2.25. The molecule has 0 aliphatic rings. The van der Waals surface area contributed by atoms with Crippen LogP contribution in [0.1, 0.15) is 31.9 Å². The van der Waals surface area contributed by atoms with Crippen molar-refractivity contribution in [1.29, 1.82) is 0 Å². The summed E-state index contributed by atoms with van der Waals surface area (Å²) < 4.78 is 0. The van der Waals surface area contributed by atoms with E-state index in [2.05, 4.69) is 24.1 Å². The molecule has 1 rings (SSSR count). The number of hydrogen-bond acceptors (Lipinski definition) is 2. The first-order valence-corrected chi connectivity index (χ1v) is 4.89. The van der Waals surface area contributed by atoms with Crippen LogP contribution >= 0.6 is 0 Å². The Kier molecular flexibility index (Phi) is 4.11. The molecule has 0 aliphatic carbocycles. The number of rotatable bonds is 5. The van der Waals surface area contributed by atoms with Crippen molar-refractivity contribution in [2.24, 2.45) is 5.92 Å². The Balaban J connectivity index is 2.82. The number of pyridine rings is 1. The van der Waals surface area contributed by atoms with Gasteiger partial charge in [-0.1, -0.05) is 26.3 Å². The minimum absolute atomic E-state index is 0.0752. The van der Waals surface area contributed by atoms with Crippen LogP contribution in [0.4, 0.5) is 0 Å². The quantitative estimate of drug-likeness (QED) is 0.724. The Hall–Kier alpha value is -1.38. The lowest BCUT2D eigenvalue weighted by molar-refractivity contribution is -0.110. The smallest absolute Gasteiger partial charge is 0.207 e. The van der Waals surface area contributed by atoms with Gasteiger partial charge in [0.2, 0.25) is 6.41 Å². The van der Waals surface area contributed by atoms with Crippen molar-refractivity contribution in [1.82, 2.24) is 10.3 Å². The van der Waals surface area contributed by atoms with E-state index in [0.717, 1.165) is 18.4 Å². The Labute approximate surface area is 84.6 Å². The molecule has 3 heteroatoms. The first kappa shape index (κ1) is 10.7. The summed E-state index contributed by atoms with van der Waals surface area (Å²) in [6, 6.07) is 3.95. The fourth-order valence-electron chi connectivity index (χ4n) is 1.46. The highest BCUT2D eigenvalue weighted by Gasteiger charge is 2.16. The molecular formula is C11H16N2O. The van der Waals surface area contributed by atoms with Gasteiger partial charge in [0.15, 0.2) is 0 Å². The summed E-state index contributed by atoms with van der Waals surface area (Å²) in [6.07, 6.45) is 5.32. The van der Waals surface area contributed by atoms with E-state index in [-0.39, 0.29) is 6.04 Å². The summed E-state index contributed by atoms with van der Waals surface area (Å²) in [6.45, 7) is 4.23. The SMILES string of the molecule is CCC(C)C(NC=O)c1cccnc1. The van der Waals surface area contributed by atoms with Crippen molar-refractivity contribution in [3.05, 3.63) is 30.1 Å². The van der Waals surface area contributed by atoms with Crippen LogP contribution in [0.5, 0.6) is 0 Å². The molecule has 3 nitrogen and oxygen atoms in total. The maximum absolute atomic E-state index is 10.5. The molecule has 0 saturated carbocycles. The van der Waals surface area contributed by atoms with Crippen LogP contribution in [0.15, 0.2) is 24.5 Å². The zero-order valence-electron chi connectivity index (χ0n) is 8.60. The van der Waals surface area contributed by atoms with Crippen molar-refractivity contribution in [2.45, 2.75) is 26.3 Å². The Bertz CT molecular complexity index is 274. The van der Waals surface area contributed by atoms with Gasteiger partial charge in [-0.15, -0.1) is 0 Å². The highest BCUT2D eigenvalue weighted by molar-refractivity contribution is 5.47. The molecule has 2 atom stereocenters. The van der Waals surface area contributed by atoms with Crippen LogP contribution in [0.2, 0.25) is 0 Å². The van der Waals surface area contributed by atoms with Gasteiger partial charge in [0.1, 0.15) is 0 Å². The van der Waals surface area contributed by atoms with Crippen molar-refractivity contribution in [3.8, 4) is 0 Å². The van der Waals surface area contributed by atoms with Crippen molar-refractivity contribution in [2.75, 3.05) is 0 Å². The molecule has 0 bridgehead atoms. The van der Waals surface area contributed by atoms with Gasteiger partial charge in [0.05, 0.1) is 6.04 Å². The molecule has 1 aromatic rings. The molecule has 14 heavy (non-hydrogen) atoms. The third-order valence-corrected chi connectivity index (χ3v) is 2.50. The standard InChI is InChI=1S/C11H16N2O/c1-3-9(2)11(13-8-14)10-5-4-6-12-7-10/h4-9,11H,3H2,1-2H3,(H,13,14). The molecule has 0 aromatic carbocycles. The predicted octanol–water partition coefficient (Wildman–Crippen LogP) is 1.91. The van der Waals surface area contributed by atoms with E-state index >= 15 is 0 Å². The molecule has 0 saturated heterocycles. The number of nitrogens with zero attached hydrogens (tertiary/aromatic N) is 1. The first-order chi connectivity index (χ1) is 6.79. The van der Waals surface area contributed by atoms with Crippen LogP contribution in [-0.4, -0.2) is 11.4 Å². The van der Waals surface area contributed by atoms with Gasteiger partial charge in [0.25, 0.3) is 0 Å². The third kappa shape index (κ3) is 2.55. The summed E-state index contributed by atoms with van der Waals surface area (Å²) >= 11 is 0. The van der Waals surface area contributed by atoms with Crippen LogP contribution in [0, 0.1) is 5.92 Å². The maximum atomic E-state index is 10.5. The molecule has 1 amide bonds. The van der Waals surface area contributed by atoms with E-state index in [1.165, 1.54) is 0 Å². The highest BCUT2D eigenvalue weighted by atomic mass is 16.1. The van der Waals surface area contributed by atoms with Gasteiger partial charge >= 0.3 is 0 Å². The molecule has 0 fully saturated rings. The van der Waals surface area contributed by atoms with Crippen LogP contribution < -0.4 is 5.32 Å². The molecule has 1 heterocycles. The zero-order chi connectivity index (χ0) is 10.4. The topological polar surface area (TPSA) is 42.0 Å². The lowest BCUT2D eigenvalue weighted by atomic mass is 9.94. The van der Waals surface area contributed by atoms with Crippen LogP contribution in [-0.2, 0) is 4.79 Å². The number of carbonyl (C=O) groups excluding carboxylic acids is 1. The second kappa shape index (κ2) is 5.37. The molecule has 1 aromatic heterocycles.